The normalized spacial score (nSPS) is 13.2. The van der Waals surface area contributed by atoms with Gasteiger partial charge in [0.05, 0.1) is 11.3 Å². The molecule has 30 heavy (non-hydrogen) atoms. The lowest BCUT2D eigenvalue weighted by molar-refractivity contribution is 0.100. The fourth-order valence-corrected chi connectivity index (χ4v) is 3.25. The maximum absolute atomic E-state index is 12.3. The largest absolute Gasteiger partial charge is 0.366 e. The number of hydrogen-bond donors (Lipinski definition) is 4. The Morgan fingerprint density at radius 3 is 1.90 bits per heavy atom. The van der Waals surface area contributed by atoms with Crippen LogP contribution >= 0.6 is 0 Å². The molecular weight excluding hydrogens is 376 g/mol. The average Bonchev–Trinajstić information content (AvgIpc) is 2.75. The van der Waals surface area contributed by atoms with Gasteiger partial charge in [0.25, 0.3) is 5.91 Å². The molecule has 0 heterocycles. The third kappa shape index (κ3) is 8.25. The maximum Gasteiger partial charge on any atom is 0.323 e. The van der Waals surface area contributed by atoms with Crippen molar-refractivity contribution in [3.63, 3.8) is 0 Å². The third-order valence-electron chi connectivity index (χ3n) is 4.91. The molecule has 2 aromatic carbocycles. The van der Waals surface area contributed by atoms with Crippen molar-refractivity contribution in [1.29, 1.82) is 0 Å². The molecule has 0 saturated heterocycles. The first-order chi connectivity index (χ1) is 14.5. The van der Waals surface area contributed by atoms with Crippen LogP contribution in [0.4, 0.5) is 16.2 Å². The predicted molar refractivity (Wildman–Crippen MR) is 124 cm³/mol. The van der Waals surface area contributed by atoms with Gasteiger partial charge >= 0.3 is 6.03 Å². The van der Waals surface area contributed by atoms with Gasteiger partial charge in [-0.1, -0.05) is 82.7 Å². The van der Waals surface area contributed by atoms with Gasteiger partial charge in [-0.25, -0.2) is 4.79 Å². The molecule has 0 atom stereocenters. The highest BCUT2D eigenvalue weighted by molar-refractivity contribution is 6.06. The molecule has 1 aliphatic carbocycles. The fourth-order valence-electron chi connectivity index (χ4n) is 3.25. The number of urea groups is 1. The highest BCUT2D eigenvalue weighted by Gasteiger charge is 2.11. The number of benzene rings is 2. The number of carbonyl (C=O) groups excluding carboxylic acids is 2. The van der Waals surface area contributed by atoms with Crippen molar-refractivity contribution in [3.8, 4) is 0 Å². The fraction of sp³-hybridized carbons (Fsp3) is 0.417. The van der Waals surface area contributed by atoms with Gasteiger partial charge in [-0.05, 0) is 23.8 Å². The average molecular weight is 411 g/mol. The Hall–Kier alpha value is -2.86. The van der Waals surface area contributed by atoms with Crippen LogP contribution in [-0.2, 0) is 6.54 Å². The van der Waals surface area contributed by atoms with Crippen LogP contribution in [-0.4, -0.2) is 18.0 Å². The van der Waals surface area contributed by atoms with Crippen LogP contribution in [0, 0.1) is 0 Å². The van der Waals surface area contributed by atoms with Crippen LogP contribution in [0.25, 0.3) is 0 Å². The second-order valence-electron chi connectivity index (χ2n) is 7.80. The molecular formula is C24H34N4O2. The molecule has 1 aliphatic rings. The van der Waals surface area contributed by atoms with E-state index in [1.807, 2.05) is 24.3 Å². The van der Waals surface area contributed by atoms with Gasteiger partial charge in [0.15, 0.2) is 0 Å². The number of carbonyl (C=O) groups is 2. The van der Waals surface area contributed by atoms with Gasteiger partial charge in [0, 0.05) is 18.3 Å². The topological polar surface area (TPSA) is 96.2 Å². The Morgan fingerprint density at radius 1 is 0.833 bits per heavy atom. The van der Waals surface area contributed by atoms with Crippen LogP contribution in [0.5, 0.6) is 0 Å². The predicted octanol–water partition coefficient (Wildman–Crippen LogP) is 5.27. The zero-order valence-electron chi connectivity index (χ0n) is 18.0. The van der Waals surface area contributed by atoms with Crippen molar-refractivity contribution in [2.24, 2.45) is 5.73 Å². The number of amides is 3. The van der Waals surface area contributed by atoms with E-state index >= 15 is 0 Å². The molecule has 6 heteroatoms. The Labute approximate surface area is 179 Å². The number of nitrogens with two attached hydrogens (primary N) is 1. The van der Waals surface area contributed by atoms with E-state index in [-0.39, 0.29) is 5.56 Å². The standard InChI is InChI=1S/C18H22N4O2.C6H12/c1-12(2)20-11-13-7-3-5-9-15(13)21-18(24)22-16-10-6-4-8-14(16)17(19)23;1-2-4-6-5-3-1/h3-10,12,20H,11H2,1-2H3,(H2,19,23)(H2,21,22,24);1-6H2. The summed E-state index contributed by atoms with van der Waals surface area (Å²) in [5, 5.41) is 8.78. The van der Waals surface area contributed by atoms with Crippen molar-refractivity contribution < 1.29 is 9.59 Å². The van der Waals surface area contributed by atoms with Crippen LogP contribution in [0.1, 0.15) is 68.3 Å². The second-order valence-corrected chi connectivity index (χ2v) is 7.80. The summed E-state index contributed by atoms with van der Waals surface area (Å²) in [6.07, 6.45) is 9.00. The van der Waals surface area contributed by atoms with E-state index in [1.54, 1.807) is 24.3 Å². The Kier molecular flexibility index (Phi) is 9.87. The number of anilines is 2. The van der Waals surface area contributed by atoms with Crippen molar-refractivity contribution in [1.82, 2.24) is 5.32 Å². The number of hydrogen-bond acceptors (Lipinski definition) is 3. The first kappa shape index (κ1) is 23.4. The molecule has 162 valence electrons. The summed E-state index contributed by atoms with van der Waals surface area (Å²) in [6, 6.07) is 14.1. The van der Waals surface area contributed by atoms with E-state index in [9.17, 15) is 9.59 Å². The molecule has 0 aromatic heterocycles. The molecule has 0 unspecified atom stereocenters. The summed E-state index contributed by atoms with van der Waals surface area (Å²) in [5.74, 6) is -0.590. The molecule has 3 amide bonds. The Morgan fingerprint density at radius 2 is 1.33 bits per heavy atom. The summed E-state index contributed by atoms with van der Waals surface area (Å²) in [7, 11) is 0. The van der Waals surface area contributed by atoms with Crippen LogP contribution in [0.15, 0.2) is 48.5 Å². The first-order valence-electron chi connectivity index (χ1n) is 10.8. The number of rotatable bonds is 6. The lowest BCUT2D eigenvalue weighted by atomic mass is 10.0. The summed E-state index contributed by atoms with van der Waals surface area (Å²) in [4.78, 5) is 23.7. The minimum Gasteiger partial charge on any atom is -0.366 e. The van der Waals surface area contributed by atoms with Crippen molar-refractivity contribution in [2.45, 2.75) is 65.0 Å². The van der Waals surface area contributed by atoms with E-state index in [0.29, 0.717) is 24.0 Å². The van der Waals surface area contributed by atoms with Gasteiger partial charge in [0.1, 0.15) is 0 Å². The lowest BCUT2D eigenvalue weighted by Gasteiger charge is -2.14. The van der Waals surface area contributed by atoms with Crippen molar-refractivity contribution in [3.05, 3.63) is 59.7 Å². The smallest absolute Gasteiger partial charge is 0.323 e. The molecule has 0 radical (unpaired) electrons. The quantitative estimate of drug-likeness (QED) is 0.522. The zero-order chi connectivity index (χ0) is 21.8. The zero-order valence-corrected chi connectivity index (χ0v) is 18.0. The SMILES string of the molecule is C1CCCCC1.CC(C)NCc1ccccc1NC(=O)Nc1ccccc1C(N)=O. The monoisotopic (exact) mass is 410 g/mol. The van der Waals surface area contributed by atoms with Crippen molar-refractivity contribution >= 4 is 23.3 Å². The van der Waals surface area contributed by atoms with E-state index in [1.165, 1.54) is 38.5 Å². The van der Waals surface area contributed by atoms with Gasteiger partial charge in [-0.15, -0.1) is 0 Å². The molecule has 1 saturated carbocycles. The van der Waals surface area contributed by atoms with Gasteiger partial charge < -0.3 is 21.7 Å². The molecule has 6 nitrogen and oxygen atoms in total. The maximum atomic E-state index is 12.3. The van der Waals surface area contributed by atoms with Crippen LogP contribution < -0.4 is 21.7 Å². The second kappa shape index (κ2) is 12.6. The lowest BCUT2D eigenvalue weighted by Crippen LogP contribution is -2.25. The van der Waals surface area contributed by atoms with Gasteiger partial charge in [0.2, 0.25) is 0 Å². The molecule has 3 rings (SSSR count). The highest BCUT2D eigenvalue weighted by Crippen LogP contribution is 2.18. The number of nitrogens with one attached hydrogen (secondary N) is 3. The number of primary amides is 1. The highest BCUT2D eigenvalue weighted by atomic mass is 16.2. The van der Waals surface area contributed by atoms with E-state index in [4.69, 9.17) is 5.73 Å². The molecule has 0 aliphatic heterocycles. The Balaban J connectivity index is 0.000000456. The van der Waals surface area contributed by atoms with Gasteiger partial charge in [-0.2, -0.15) is 0 Å². The molecule has 2 aromatic rings. The Bertz CT molecular complexity index is 805. The van der Waals surface area contributed by atoms with E-state index < -0.39 is 11.9 Å². The minimum absolute atomic E-state index is 0.266. The summed E-state index contributed by atoms with van der Waals surface area (Å²) < 4.78 is 0. The minimum atomic E-state index is -0.590. The van der Waals surface area contributed by atoms with E-state index in [0.717, 1.165) is 5.56 Å². The summed E-state index contributed by atoms with van der Waals surface area (Å²) in [5.41, 5.74) is 7.64. The molecule has 1 fully saturated rings. The summed E-state index contributed by atoms with van der Waals surface area (Å²) in [6.45, 7) is 4.76. The molecule has 5 N–H and O–H groups in total. The van der Waals surface area contributed by atoms with Crippen molar-refractivity contribution in [2.75, 3.05) is 10.6 Å². The first-order valence-corrected chi connectivity index (χ1v) is 10.8. The van der Waals surface area contributed by atoms with E-state index in [2.05, 4.69) is 29.8 Å². The van der Waals surface area contributed by atoms with Gasteiger partial charge in [-0.3, -0.25) is 4.79 Å². The number of para-hydroxylation sites is 2. The van der Waals surface area contributed by atoms with Crippen LogP contribution in [0.3, 0.4) is 0 Å². The third-order valence-corrected chi connectivity index (χ3v) is 4.91. The molecule has 0 spiro atoms. The van der Waals surface area contributed by atoms with Crippen LogP contribution in [0.2, 0.25) is 0 Å². The molecule has 0 bridgehead atoms. The summed E-state index contributed by atoms with van der Waals surface area (Å²) >= 11 is 0.